The molecule has 4 heterocycles. The maximum absolute atomic E-state index is 13.2. The number of likely N-dealkylation sites (tertiary alicyclic amines) is 1. The van der Waals surface area contributed by atoms with Crippen LogP contribution in [0.2, 0.25) is 0 Å². The number of carbonyl (C=O) groups is 2. The Bertz CT molecular complexity index is 1340. The number of hydrogen-bond acceptors (Lipinski definition) is 5. The summed E-state index contributed by atoms with van der Waals surface area (Å²) < 4.78 is 10.9. The SMILES string of the molecule is COCC(=O)N1CCc2cc(-c3cnc4[nH]cc(C)c4c3)cc([C@@H]3CCCN3C(=O)OC(C)(C)C)c2C1. The van der Waals surface area contributed by atoms with Crippen LogP contribution in [0.5, 0.6) is 0 Å². The molecule has 37 heavy (non-hydrogen) atoms. The van der Waals surface area contributed by atoms with Gasteiger partial charge in [0.05, 0.1) is 6.04 Å². The maximum Gasteiger partial charge on any atom is 0.410 e. The molecular formula is C29H36N4O4. The van der Waals surface area contributed by atoms with Crippen LogP contribution in [0.3, 0.4) is 0 Å². The van der Waals surface area contributed by atoms with E-state index in [2.05, 4.69) is 35.1 Å². The highest BCUT2D eigenvalue weighted by atomic mass is 16.6. The summed E-state index contributed by atoms with van der Waals surface area (Å²) in [7, 11) is 1.54. The van der Waals surface area contributed by atoms with Crippen LogP contribution >= 0.6 is 0 Å². The van der Waals surface area contributed by atoms with Gasteiger partial charge in [0.25, 0.3) is 0 Å². The summed E-state index contributed by atoms with van der Waals surface area (Å²) in [4.78, 5) is 37.5. The Hall–Kier alpha value is -3.39. The van der Waals surface area contributed by atoms with E-state index in [4.69, 9.17) is 9.47 Å². The summed E-state index contributed by atoms with van der Waals surface area (Å²) in [5, 5.41) is 1.10. The Morgan fingerprint density at radius 1 is 1.16 bits per heavy atom. The minimum Gasteiger partial charge on any atom is -0.444 e. The van der Waals surface area contributed by atoms with E-state index in [1.54, 1.807) is 7.11 Å². The molecule has 196 valence electrons. The fourth-order valence-electron chi connectivity index (χ4n) is 5.51. The third-order valence-corrected chi connectivity index (χ3v) is 7.31. The van der Waals surface area contributed by atoms with Gasteiger partial charge in [0.15, 0.2) is 0 Å². The third kappa shape index (κ3) is 5.07. The number of amides is 2. The van der Waals surface area contributed by atoms with Crippen LogP contribution in [-0.4, -0.2) is 64.2 Å². The topological polar surface area (TPSA) is 87.8 Å². The van der Waals surface area contributed by atoms with E-state index in [0.29, 0.717) is 19.6 Å². The summed E-state index contributed by atoms with van der Waals surface area (Å²) in [6.45, 7) is 9.63. The minimum atomic E-state index is -0.565. The van der Waals surface area contributed by atoms with Crippen molar-refractivity contribution in [2.24, 2.45) is 0 Å². The molecule has 0 unspecified atom stereocenters. The van der Waals surface area contributed by atoms with Crippen LogP contribution in [0.15, 0.2) is 30.6 Å². The molecule has 1 N–H and O–H groups in total. The number of methoxy groups -OCH3 is 1. The van der Waals surface area contributed by atoms with Crippen LogP contribution in [0.4, 0.5) is 4.79 Å². The molecule has 2 aliphatic heterocycles. The van der Waals surface area contributed by atoms with Crippen LogP contribution in [0, 0.1) is 6.92 Å². The lowest BCUT2D eigenvalue weighted by molar-refractivity contribution is -0.136. The van der Waals surface area contributed by atoms with Crippen LogP contribution in [0.25, 0.3) is 22.2 Å². The molecule has 1 fully saturated rings. The number of rotatable bonds is 4. The van der Waals surface area contributed by atoms with Crippen molar-refractivity contribution in [1.29, 1.82) is 0 Å². The Morgan fingerprint density at radius 2 is 1.97 bits per heavy atom. The number of benzene rings is 1. The zero-order valence-corrected chi connectivity index (χ0v) is 22.4. The van der Waals surface area contributed by atoms with E-state index in [1.165, 1.54) is 5.56 Å². The molecule has 8 nitrogen and oxygen atoms in total. The highest BCUT2D eigenvalue weighted by molar-refractivity contribution is 5.85. The van der Waals surface area contributed by atoms with Crippen molar-refractivity contribution < 1.29 is 19.1 Å². The number of hydrogen-bond donors (Lipinski definition) is 1. The summed E-state index contributed by atoms with van der Waals surface area (Å²) in [5.74, 6) is -0.0174. The third-order valence-electron chi connectivity index (χ3n) is 7.31. The molecule has 2 aliphatic rings. The normalized spacial score (nSPS) is 17.8. The lowest BCUT2D eigenvalue weighted by atomic mass is 9.86. The van der Waals surface area contributed by atoms with Gasteiger partial charge < -0.3 is 24.3 Å². The van der Waals surface area contributed by atoms with Gasteiger partial charge in [-0.2, -0.15) is 0 Å². The van der Waals surface area contributed by atoms with Gasteiger partial charge in [-0.15, -0.1) is 0 Å². The van der Waals surface area contributed by atoms with Crippen molar-refractivity contribution in [2.75, 3.05) is 26.8 Å². The number of ether oxygens (including phenoxy) is 2. The number of carbonyl (C=O) groups excluding carboxylic acids is 2. The maximum atomic E-state index is 13.2. The van der Waals surface area contributed by atoms with Crippen molar-refractivity contribution in [1.82, 2.24) is 19.8 Å². The first kappa shape index (κ1) is 25.3. The standard InChI is InChI=1S/C29H36N4O4/c1-18-14-30-27-22(18)13-21(15-31-27)20-11-19-8-10-32(26(34)17-36-5)16-24(19)23(12-20)25-7-6-9-33(25)28(35)37-29(2,3)4/h11-15,25H,6-10,16-17H2,1-5H3,(H,30,31)/t25-/m0/s1. The van der Waals surface area contributed by atoms with E-state index < -0.39 is 5.60 Å². The molecule has 3 aromatic rings. The zero-order chi connectivity index (χ0) is 26.3. The van der Waals surface area contributed by atoms with Gasteiger partial charge in [-0.1, -0.05) is 6.07 Å². The fourth-order valence-corrected chi connectivity index (χ4v) is 5.51. The molecule has 1 aromatic carbocycles. The number of aromatic amines is 1. The summed E-state index contributed by atoms with van der Waals surface area (Å²) in [5.41, 5.74) is 7.03. The molecule has 0 saturated carbocycles. The lowest BCUT2D eigenvalue weighted by Crippen LogP contribution is -2.40. The van der Waals surface area contributed by atoms with Gasteiger partial charge in [-0.25, -0.2) is 9.78 Å². The van der Waals surface area contributed by atoms with E-state index >= 15 is 0 Å². The summed E-state index contributed by atoms with van der Waals surface area (Å²) in [6.07, 6.45) is 6.11. The minimum absolute atomic E-state index is 0.0174. The lowest BCUT2D eigenvalue weighted by Gasteiger charge is -2.34. The van der Waals surface area contributed by atoms with Gasteiger partial charge in [0, 0.05) is 50.1 Å². The van der Waals surface area contributed by atoms with Gasteiger partial charge in [-0.05, 0) is 86.9 Å². The van der Waals surface area contributed by atoms with E-state index in [9.17, 15) is 9.59 Å². The van der Waals surface area contributed by atoms with Gasteiger partial charge >= 0.3 is 6.09 Å². The second-order valence-electron chi connectivity index (χ2n) is 11.1. The second-order valence-corrected chi connectivity index (χ2v) is 11.1. The van der Waals surface area contributed by atoms with E-state index in [0.717, 1.165) is 58.1 Å². The predicted molar refractivity (Wildman–Crippen MR) is 142 cm³/mol. The highest BCUT2D eigenvalue weighted by Crippen LogP contribution is 2.40. The number of aryl methyl sites for hydroxylation is 1. The van der Waals surface area contributed by atoms with Crippen molar-refractivity contribution in [3.8, 4) is 11.1 Å². The molecule has 0 spiro atoms. The number of nitrogens with one attached hydrogen (secondary N) is 1. The summed E-state index contributed by atoms with van der Waals surface area (Å²) in [6, 6.07) is 6.50. The number of pyridine rings is 1. The Balaban J connectivity index is 1.59. The molecule has 8 heteroatoms. The quantitative estimate of drug-likeness (QED) is 0.532. The Labute approximate surface area is 217 Å². The largest absolute Gasteiger partial charge is 0.444 e. The molecule has 0 aliphatic carbocycles. The molecule has 0 radical (unpaired) electrons. The van der Waals surface area contributed by atoms with Crippen molar-refractivity contribution >= 4 is 23.0 Å². The summed E-state index contributed by atoms with van der Waals surface area (Å²) >= 11 is 0. The van der Waals surface area contributed by atoms with E-state index in [-0.39, 0.29) is 24.6 Å². The molecule has 5 rings (SSSR count). The second kappa shape index (κ2) is 9.82. The number of aromatic nitrogens is 2. The van der Waals surface area contributed by atoms with Crippen LogP contribution in [-0.2, 0) is 27.2 Å². The first-order valence-corrected chi connectivity index (χ1v) is 13.0. The molecule has 2 amide bonds. The Kier molecular flexibility index (Phi) is 6.70. The Morgan fingerprint density at radius 3 is 2.73 bits per heavy atom. The smallest absolute Gasteiger partial charge is 0.410 e. The van der Waals surface area contributed by atoms with Crippen molar-refractivity contribution in [3.63, 3.8) is 0 Å². The van der Waals surface area contributed by atoms with Crippen LogP contribution in [0.1, 0.15) is 61.9 Å². The monoisotopic (exact) mass is 504 g/mol. The predicted octanol–water partition coefficient (Wildman–Crippen LogP) is 5.14. The molecule has 2 aromatic heterocycles. The average molecular weight is 505 g/mol. The van der Waals surface area contributed by atoms with Gasteiger partial charge in [0.2, 0.25) is 5.91 Å². The number of fused-ring (bicyclic) bond motifs is 2. The number of H-pyrrole nitrogens is 1. The fraction of sp³-hybridized carbons (Fsp3) is 0.483. The first-order valence-electron chi connectivity index (χ1n) is 13.0. The van der Waals surface area contributed by atoms with Crippen LogP contribution < -0.4 is 0 Å². The number of nitrogens with zero attached hydrogens (tertiary/aromatic N) is 3. The van der Waals surface area contributed by atoms with Crippen molar-refractivity contribution in [3.05, 3.63) is 52.8 Å². The first-order chi connectivity index (χ1) is 17.6. The molecule has 1 saturated heterocycles. The van der Waals surface area contributed by atoms with Gasteiger partial charge in [-0.3, -0.25) is 4.79 Å². The van der Waals surface area contributed by atoms with Gasteiger partial charge in [0.1, 0.15) is 17.9 Å². The van der Waals surface area contributed by atoms with E-state index in [1.807, 2.05) is 43.0 Å². The highest BCUT2D eigenvalue weighted by Gasteiger charge is 2.36. The molecule has 0 bridgehead atoms. The van der Waals surface area contributed by atoms with Crippen molar-refractivity contribution in [2.45, 2.75) is 65.1 Å². The zero-order valence-electron chi connectivity index (χ0n) is 22.4. The average Bonchev–Trinajstić information content (AvgIpc) is 3.49. The molecule has 1 atom stereocenters. The molecular weight excluding hydrogens is 468 g/mol.